The Bertz CT molecular complexity index is 378. The molecule has 0 unspecified atom stereocenters. The largest absolute Gasteiger partial charge is 0.475 e. The lowest BCUT2D eigenvalue weighted by molar-refractivity contribution is 0.110. The van der Waals surface area contributed by atoms with Gasteiger partial charge in [0.2, 0.25) is 5.88 Å². The molecule has 0 saturated carbocycles. The Labute approximate surface area is 102 Å². The van der Waals surface area contributed by atoms with Crippen LogP contribution in [0.1, 0.15) is 19.4 Å². The number of hydrazine groups is 1. The Morgan fingerprint density at radius 1 is 1.41 bits per heavy atom. The lowest BCUT2D eigenvalue weighted by Gasteiger charge is -2.32. The molecule has 0 radical (unpaired) electrons. The highest BCUT2D eigenvalue weighted by Crippen LogP contribution is 2.21. The van der Waals surface area contributed by atoms with E-state index in [4.69, 9.17) is 10.6 Å². The smallest absolute Gasteiger partial charge is 0.221 e. The fourth-order valence-corrected chi connectivity index (χ4v) is 1.10. The van der Waals surface area contributed by atoms with Gasteiger partial charge in [-0.05, 0) is 34.9 Å². The van der Waals surface area contributed by atoms with Gasteiger partial charge in [-0.1, -0.05) is 0 Å². The van der Waals surface area contributed by atoms with Crippen LogP contribution in [0.5, 0.6) is 5.88 Å². The van der Waals surface area contributed by atoms with Crippen molar-refractivity contribution < 1.29 is 4.74 Å². The highest BCUT2D eigenvalue weighted by molar-refractivity contribution is 5.46. The summed E-state index contributed by atoms with van der Waals surface area (Å²) in [6.45, 7) is 6.62. The van der Waals surface area contributed by atoms with Gasteiger partial charge in [0.25, 0.3) is 0 Å². The van der Waals surface area contributed by atoms with Crippen molar-refractivity contribution in [1.29, 1.82) is 0 Å². The second-order valence-electron chi connectivity index (χ2n) is 4.79. The summed E-state index contributed by atoms with van der Waals surface area (Å²) in [7, 11) is 4.03. The molecule has 17 heavy (non-hydrogen) atoms. The van der Waals surface area contributed by atoms with Crippen LogP contribution >= 0.6 is 0 Å². The van der Waals surface area contributed by atoms with E-state index in [1.807, 2.05) is 21.0 Å². The lowest BCUT2D eigenvalue weighted by atomic mass is 10.1. The third kappa shape index (κ3) is 3.28. The van der Waals surface area contributed by atoms with Crippen LogP contribution in [0.15, 0.2) is 6.33 Å². The summed E-state index contributed by atoms with van der Waals surface area (Å²) in [6.07, 6.45) is 1.43. The summed E-state index contributed by atoms with van der Waals surface area (Å²) in [5.41, 5.74) is 3.26. The van der Waals surface area contributed by atoms with Gasteiger partial charge < -0.3 is 15.1 Å². The van der Waals surface area contributed by atoms with E-state index in [2.05, 4.69) is 34.1 Å². The van der Waals surface area contributed by atoms with Gasteiger partial charge in [-0.15, -0.1) is 0 Å². The van der Waals surface area contributed by atoms with Crippen molar-refractivity contribution >= 4 is 5.82 Å². The third-order valence-corrected chi connectivity index (χ3v) is 2.95. The number of nitrogens with zero attached hydrogens (tertiary/aromatic N) is 3. The first kappa shape index (κ1) is 13.7. The zero-order chi connectivity index (χ0) is 13.1. The summed E-state index contributed by atoms with van der Waals surface area (Å²) in [4.78, 5) is 10.2. The highest BCUT2D eigenvalue weighted by atomic mass is 16.5. The number of aromatic nitrogens is 2. The van der Waals surface area contributed by atoms with Gasteiger partial charge in [0.1, 0.15) is 18.8 Å². The number of anilines is 1. The van der Waals surface area contributed by atoms with E-state index in [-0.39, 0.29) is 5.54 Å². The molecule has 6 nitrogen and oxygen atoms in total. The second-order valence-corrected chi connectivity index (χ2v) is 4.79. The van der Waals surface area contributed by atoms with Crippen LogP contribution in [0, 0.1) is 6.92 Å². The molecule has 0 aliphatic rings. The number of ether oxygens (including phenoxy) is 1. The number of rotatable bonds is 5. The predicted molar refractivity (Wildman–Crippen MR) is 67.8 cm³/mol. The molecular formula is C11H21N5O. The van der Waals surface area contributed by atoms with Crippen LogP contribution in [0.25, 0.3) is 0 Å². The first-order valence-electron chi connectivity index (χ1n) is 5.47. The predicted octanol–water partition coefficient (Wildman–Crippen LogP) is 0.790. The normalized spacial score (nSPS) is 11.7. The molecule has 6 heteroatoms. The molecule has 0 fully saturated rings. The number of nitrogen functional groups attached to an aromatic ring is 1. The van der Waals surface area contributed by atoms with Crippen LogP contribution in [0.4, 0.5) is 5.82 Å². The van der Waals surface area contributed by atoms with E-state index in [1.165, 1.54) is 6.33 Å². The molecule has 0 saturated heterocycles. The van der Waals surface area contributed by atoms with Gasteiger partial charge in [-0.3, -0.25) is 0 Å². The molecule has 96 valence electrons. The van der Waals surface area contributed by atoms with E-state index in [0.717, 1.165) is 5.56 Å². The standard InChI is InChI=1S/C11H21N5O/c1-8-9(15-12)13-7-14-10(8)17-6-11(2,3)16(4)5/h7H,6,12H2,1-5H3,(H,13,14,15). The van der Waals surface area contributed by atoms with Crippen LogP contribution in [0.3, 0.4) is 0 Å². The van der Waals surface area contributed by atoms with E-state index >= 15 is 0 Å². The fourth-order valence-electron chi connectivity index (χ4n) is 1.10. The number of nitrogens with two attached hydrogens (primary N) is 1. The molecule has 1 heterocycles. The molecule has 1 rings (SSSR count). The van der Waals surface area contributed by atoms with Crippen molar-refractivity contribution in [2.45, 2.75) is 26.3 Å². The van der Waals surface area contributed by atoms with E-state index < -0.39 is 0 Å². The van der Waals surface area contributed by atoms with Crippen molar-refractivity contribution in [2.75, 3.05) is 26.1 Å². The minimum atomic E-state index is -0.0618. The maximum Gasteiger partial charge on any atom is 0.221 e. The molecular weight excluding hydrogens is 218 g/mol. The van der Waals surface area contributed by atoms with Gasteiger partial charge in [0, 0.05) is 5.54 Å². The number of likely N-dealkylation sites (N-methyl/N-ethyl adjacent to an activating group) is 1. The maximum absolute atomic E-state index is 5.72. The Hall–Kier alpha value is -1.40. The van der Waals surface area contributed by atoms with Gasteiger partial charge >= 0.3 is 0 Å². The summed E-state index contributed by atoms with van der Waals surface area (Å²) < 4.78 is 5.72. The van der Waals surface area contributed by atoms with Crippen LogP contribution in [-0.4, -0.2) is 41.1 Å². The SMILES string of the molecule is Cc1c(NN)ncnc1OCC(C)(C)N(C)C. The molecule has 0 aliphatic carbocycles. The first-order chi connectivity index (χ1) is 7.88. The lowest BCUT2D eigenvalue weighted by Crippen LogP contribution is -2.43. The zero-order valence-corrected chi connectivity index (χ0v) is 11.1. The topological polar surface area (TPSA) is 76.3 Å². The van der Waals surface area contributed by atoms with Gasteiger partial charge in [0.05, 0.1) is 5.56 Å². The number of hydrogen-bond donors (Lipinski definition) is 2. The van der Waals surface area contributed by atoms with Gasteiger partial charge in [0.15, 0.2) is 0 Å². The maximum atomic E-state index is 5.72. The summed E-state index contributed by atoms with van der Waals surface area (Å²) >= 11 is 0. The number of nitrogens with one attached hydrogen (secondary N) is 1. The van der Waals surface area contributed by atoms with Crippen LogP contribution in [-0.2, 0) is 0 Å². The fraction of sp³-hybridized carbons (Fsp3) is 0.636. The average molecular weight is 239 g/mol. The Balaban J connectivity index is 2.76. The van der Waals surface area contributed by atoms with Crippen LogP contribution < -0.4 is 16.0 Å². The summed E-state index contributed by atoms with van der Waals surface area (Å²) in [5.74, 6) is 6.49. The monoisotopic (exact) mass is 239 g/mol. The minimum Gasteiger partial charge on any atom is -0.475 e. The molecule has 0 amide bonds. The molecule has 1 aromatic heterocycles. The highest BCUT2D eigenvalue weighted by Gasteiger charge is 2.22. The molecule has 0 atom stereocenters. The molecule has 3 N–H and O–H groups in total. The third-order valence-electron chi connectivity index (χ3n) is 2.95. The van der Waals surface area contributed by atoms with Crippen molar-refractivity contribution in [2.24, 2.45) is 5.84 Å². The van der Waals surface area contributed by atoms with Gasteiger partial charge in [-0.2, -0.15) is 0 Å². The minimum absolute atomic E-state index is 0.0618. The molecule has 0 aromatic carbocycles. The van der Waals surface area contributed by atoms with Crippen molar-refractivity contribution in [3.63, 3.8) is 0 Å². The summed E-state index contributed by atoms with van der Waals surface area (Å²) in [5, 5.41) is 0. The Morgan fingerprint density at radius 2 is 2.06 bits per heavy atom. The first-order valence-corrected chi connectivity index (χ1v) is 5.47. The van der Waals surface area contributed by atoms with E-state index in [9.17, 15) is 0 Å². The molecule has 0 spiro atoms. The molecule has 0 bridgehead atoms. The second kappa shape index (κ2) is 5.29. The van der Waals surface area contributed by atoms with Crippen molar-refractivity contribution in [3.05, 3.63) is 11.9 Å². The number of hydrogen-bond acceptors (Lipinski definition) is 6. The van der Waals surface area contributed by atoms with Gasteiger partial charge in [-0.25, -0.2) is 15.8 Å². The molecule has 1 aromatic rings. The van der Waals surface area contributed by atoms with Crippen molar-refractivity contribution in [3.8, 4) is 5.88 Å². The Morgan fingerprint density at radius 3 is 2.59 bits per heavy atom. The zero-order valence-electron chi connectivity index (χ0n) is 11.1. The summed E-state index contributed by atoms with van der Waals surface area (Å²) in [6, 6.07) is 0. The van der Waals surface area contributed by atoms with E-state index in [1.54, 1.807) is 0 Å². The average Bonchev–Trinajstić information content (AvgIpc) is 2.27. The Kier molecular flexibility index (Phi) is 4.25. The van der Waals surface area contributed by atoms with E-state index in [0.29, 0.717) is 18.3 Å². The quantitative estimate of drug-likeness (QED) is 0.584. The molecule has 0 aliphatic heterocycles. The van der Waals surface area contributed by atoms with Crippen molar-refractivity contribution in [1.82, 2.24) is 14.9 Å². The van der Waals surface area contributed by atoms with Crippen LogP contribution in [0.2, 0.25) is 0 Å².